The van der Waals surface area contributed by atoms with Crippen molar-refractivity contribution in [1.82, 2.24) is 10.2 Å². The fourth-order valence-electron chi connectivity index (χ4n) is 2.87. The summed E-state index contributed by atoms with van der Waals surface area (Å²) in [5.74, 6) is 0.278. The molecule has 5 nitrogen and oxygen atoms in total. The van der Waals surface area contributed by atoms with E-state index in [-0.39, 0.29) is 12.4 Å². The van der Waals surface area contributed by atoms with Crippen molar-refractivity contribution in [3.8, 4) is 34.0 Å². The summed E-state index contributed by atoms with van der Waals surface area (Å²) in [6, 6.07) is 10.6. The van der Waals surface area contributed by atoms with Crippen LogP contribution in [0, 0.1) is 0 Å². The number of H-pyrrole nitrogens is 1. The lowest BCUT2D eigenvalue weighted by molar-refractivity contribution is -0.274. The van der Waals surface area contributed by atoms with Crippen molar-refractivity contribution < 1.29 is 27.4 Å². The van der Waals surface area contributed by atoms with Gasteiger partial charge in [-0.1, -0.05) is 6.07 Å². The van der Waals surface area contributed by atoms with Crippen molar-refractivity contribution in [3.05, 3.63) is 53.6 Å². The van der Waals surface area contributed by atoms with Gasteiger partial charge >= 0.3 is 6.36 Å². The molecule has 1 aliphatic heterocycles. The predicted octanol–water partition coefficient (Wildman–Crippen LogP) is 4.35. The number of carbonyl (C=O) groups is 1. The second kappa shape index (κ2) is 5.91. The Morgan fingerprint density at radius 1 is 1.15 bits per heavy atom. The second-order valence-electron chi connectivity index (χ2n) is 5.66. The minimum Gasteiger partial charge on any atom is -0.488 e. The third-order valence-corrected chi connectivity index (χ3v) is 4.01. The van der Waals surface area contributed by atoms with E-state index in [1.807, 2.05) is 0 Å². The van der Waals surface area contributed by atoms with Crippen LogP contribution in [0.4, 0.5) is 13.2 Å². The van der Waals surface area contributed by atoms with Crippen LogP contribution in [0.2, 0.25) is 0 Å². The first kappa shape index (κ1) is 16.2. The molecule has 0 saturated heterocycles. The van der Waals surface area contributed by atoms with Crippen molar-refractivity contribution >= 4 is 6.29 Å². The summed E-state index contributed by atoms with van der Waals surface area (Å²) in [4.78, 5) is 10.9. The molecule has 0 fully saturated rings. The number of hydrogen-bond acceptors (Lipinski definition) is 4. The molecule has 2 aromatic carbocycles. The monoisotopic (exact) mass is 360 g/mol. The molecule has 1 aliphatic rings. The van der Waals surface area contributed by atoms with Crippen LogP contribution in [0.15, 0.2) is 42.5 Å². The highest BCUT2D eigenvalue weighted by Gasteiger charge is 2.31. The Hall–Kier alpha value is -3.29. The van der Waals surface area contributed by atoms with Gasteiger partial charge < -0.3 is 9.47 Å². The number of aldehydes is 1. The van der Waals surface area contributed by atoms with E-state index < -0.39 is 6.36 Å². The summed E-state index contributed by atoms with van der Waals surface area (Å²) in [5.41, 5.74) is 4.05. The van der Waals surface area contributed by atoms with Crippen LogP contribution in [-0.2, 0) is 6.61 Å². The van der Waals surface area contributed by atoms with E-state index in [1.165, 1.54) is 24.3 Å². The number of carbonyl (C=O) groups excluding carboxylic acids is 1. The molecular weight excluding hydrogens is 349 g/mol. The van der Waals surface area contributed by atoms with Crippen molar-refractivity contribution in [3.63, 3.8) is 0 Å². The third-order valence-electron chi connectivity index (χ3n) is 4.01. The molecule has 0 atom stereocenters. The maximum Gasteiger partial charge on any atom is 0.573 e. The summed E-state index contributed by atoms with van der Waals surface area (Å²) in [6.07, 6.45) is -3.99. The molecule has 1 N–H and O–H groups in total. The van der Waals surface area contributed by atoms with Crippen LogP contribution in [0.25, 0.3) is 22.5 Å². The summed E-state index contributed by atoms with van der Waals surface area (Å²) in [6.45, 7) is 0.233. The van der Waals surface area contributed by atoms with Crippen molar-refractivity contribution in [2.75, 3.05) is 0 Å². The molecule has 0 amide bonds. The average molecular weight is 360 g/mol. The summed E-state index contributed by atoms with van der Waals surface area (Å²) in [5, 5.41) is 7.22. The Morgan fingerprint density at radius 3 is 2.62 bits per heavy atom. The van der Waals surface area contributed by atoms with E-state index in [9.17, 15) is 18.0 Å². The minimum atomic E-state index is -4.73. The van der Waals surface area contributed by atoms with Gasteiger partial charge in [-0.25, -0.2) is 0 Å². The number of nitrogens with zero attached hydrogens (tertiary/aromatic N) is 1. The highest BCUT2D eigenvalue weighted by atomic mass is 19.4. The van der Waals surface area contributed by atoms with Crippen LogP contribution >= 0.6 is 0 Å². The first-order valence-corrected chi connectivity index (χ1v) is 7.60. The van der Waals surface area contributed by atoms with Gasteiger partial charge in [0.25, 0.3) is 0 Å². The number of nitrogens with one attached hydrogen (secondary N) is 1. The first-order chi connectivity index (χ1) is 12.4. The minimum absolute atomic E-state index is 0.233. The normalized spacial score (nSPS) is 12.7. The number of hydrogen-bond donors (Lipinski definition) is 1. The Morgan fingerprint density at radius 2 is 1.92 bits per heavy atom. The average Bonchev–Trinajstić information content (AvgIpc) is 3.05. The molecule has 26 heavy (non-hydrogen) atoms. The third kappa shape index (κ3) is 2.90. The Labute approximate surface area is 145 Å². The molecular formula is C18H11F3N2O3. The number of alkyl halides is 3. The van der Waals surface area contributed by atoms with Crippen molar-refractivity contribution in [2.24, 2.45) is 0 Å². The fourth-order valence-corrected chi connectivity index (χ4v) is 2.87. The van der Waals surface area contributed by atoms with E-state index in [0.717, 1.165) is 23.1 Å². The number of aromatic nitrogens is 2. The smallest absolute Gasteiger partial charge is 0.488 e. The van der Waals surface area contributed by atoms with Gasteiger partial charge in [0.1, 0.15) is 24.4 Å². The maximum absolute atomic E-state index is 12.3. The topological polar surface area (TPSA) is 64.2 Å². The van der Waals surface area contributed by atoms with E-state index in [2.05, 4.69) is 14.9 Å². The zero-order chi connectivity index (χ0) is 18.3. The van der Waals surface area contributed by atoms with Gasteiger partial charge in [-0.05, 0) is 36.4 Å². The highest BCUT2D eigenvalue weighted by Crippen LogP contribution is 2.40. The standard InChI is InChI=1S/C18H11F3N2O3/c19-18(20,21)26-12-4-2-11(3-5-12)16-14-9-25-15-7-10(8-24)1-6-13(15)17(14)23-22-16/h1-8H,9H2,(H,22,23). The molecule has 0 unspecified atom stereocenters. The number of ether oxygens (including phenoxy) is 2. The van der Waals surface area contributed by atoms with Crippen molar-refractivity contribution in [1.29, 1.82) is 0 Å². The van der Waals surface area contributed by atoms with Crippen LogP contribution in [0.1, 0.15) is 15.9 Å². The van der Waals surface area contributed by atoms with Gasteiger partial charge in [0, 0.05) is 22.3 Å². The molecule has 2 heterocycles. The van der Waals surface area contributed by atoms with Crippen LogP contribution in [-0.4, -0.2) is 22.8 Å². The van der Waals surface area contributed by atoms with Gasteiger partial charge in [-0.3, -0.25) is 9.89 Å². The van der Waals surface area contributed by atoms with E-state index in [4.69, 9.17) is 4.74 Å². The molecule has 0 aliphatic carbocycles. The van der Waals surface area contributed by atoms with Gasteiger partial charge in [-0.2, -0.15) is 5.10 Å². The molecule has 4 rings (SSSR count). The summed E-state index contributed by atoms with van der Waals surface area (Å²) >= 11 is 0. The lowest BCUT2D eigenvalue weighted by atomic mass is 9.99. The Bertz CT molecular complexity index is 978. The lowest BCUT2D eigenvalue weighted by Gasteiger charge is -2.18. The second-order valence-corrected chi connectivity index (χ2v) is 5.66. The predicted molar refractivity (Wildman–Crippen MR) is 85.9 cm³/mol. The number of fused-ring (bicyclic) bond motifs is 3. The largest absolute Gasteiger partial charge is 0.573 e. The molecule has 132 valence electrons. The zero-order valence-electron chi connectivity index (χ0n) is 13.1. The molecule has 3 aromatic rings. The first-order valence-electron chi connectivity index (χ1n) is 7.60. The van der Waals surface area contributed by atoms with Crippen LogP contribution in [0.3, 0.4) is 0 Å². The van der Waals surface area contributed by atoms with Gasteiger partial charge in [-0.15, -0.1) is 13.2 Å². The maximum atomic E-state index is 12.3. The van der Waals surface area contributed by atoms with E-state index in [1.54, 1.807) is 18.2 Å². The lowest BCUT2D eigenvalue weighted by Crippen LogP contribution is -2.16. The SMILES string of the molecule is O=Cc1ccc2c(c1)OCc1c(-c3ccc(OC(F)(F)F)cc3)n[nH]c1-2. The molecule has 8 heteroatoms. The van der Waals surface area contributed by atoms with Gasteiger partial charge in [0.15, 0.2) is 0 Å². The number of halogens is 3. The fraction of sp³-hybridized carbons (Fsp3) is 0.111. The molecule has 0 spiro atoms. The van der Waals surface area contributed by atoms with Gasteiger partial charge in [0.2, 0.25) is 0 Å². The Kier molecular flexibility index (Phi) is 3.68. The molecule has 1 aromatic heterocycles. The number of benzene rings is 2. The van der Waals surface area contributed by atoms with Crippen LogP contribution in [0.5, 0.6) is 11.5 Å². The number of aromatic amines is 1. The highest BCUT2D eigenvalue weighted by molar-refractivity contribution is 5.83. The van der Waals surface area contributed by atoms with Crippen molar-refractivity contribution in [2.45, 2.75) is 13.0 Å². The Balaban J connectivity index is 1.68. The molecule has 0 saturated carbocycles. The zero-order valence-corrected chi connectivity index (χ0v) is 13.1. The molecule has 0 radical (unpaired) electrons. The summed E-state index contributed by atoms with van der Waals surface area (Å²) < 4.78 is 46.4. The quantitative estimate of drug-likeness (QED) is 0.706. The molecule has 0 bridgehead atoms. The van der Waals surface area contributed by atoms with E-state index >= 15 is 0 Å². The van der Waals surface area contributed by atoms with Gasteiger partial charge in [0.05, 0.1) is 11.4 Å². The van der Waals surface area contributed by atoms with Crippen LogP contribution < -0.4 is 9.47 Å². The summed E-state index contributed by atoms with van der Waals surface area (Å²) in [7, 11) is 0. The van der Waals surface area contributed by atoms with E-state index in [0.29, 0.717) is 22.6 Å². The number of rotatable bonds is 3.